The van der Waals surface area contributed by atoms with Gasteiger partial charge in [-0.3, -0.25) is 10.1 Å². The number of benzene rings is 1. The third-order valence-electron chi connectivity index (χ3n) is 2.85. The molecule has 0 saturated carbocycles. The number of imide groups is 1. The average molecular weight is 315 g/mol. The monoisotopic (exact) mass is 315 g/mol. The van der Waals surface area contributed by atoms with Crippen molar-refractivity contribution in [1.29, 1.82) is 5.26 Å². The second-order valence-corrected chi connectivity index (χ2v) is 4.70. The first-order chi connectivity index (χ1) is 10.9. The van der Waals surface area contributed by atoms with Crippen molar-refractivity contribution in [3.05, 3.63) is 41.0 Å². The van der Waals surface area contributed by atoms with Crippen LogP contribution in [0.15, 0.2) is 29.8 Å². The molecule has 2 N–H and O–H groups in total. The normalized spacial score (nSPS) is 11.8. The van der Waals surface area contributed by atoms with E-state index in [2.05, 4.69) is 5.32 Å². The van der Waals surface area contributed by atoms with E-state index in [0.717, 1.165) is 5.56 Å². The molecule has 1 aromatic carbocycles. The molecule has 0 aromatic heterocycles. The van der Waals surface area contributed by atoms with Crippen molar-refractivity contribution in [2.75, 3.05) is 7.05 Å². The minimum absolute atomic E-state index is 0.242. The fraction of sp³-hybridized carbons (Fsp3) is 0.250. The van der Waals surface area contributed by atoms with Gasteiger partial charge in [-0.1, -0.05) is 29.8 Å². The topological polar surface area (TPSA) is 108 Å². The highest BCUT2D eigenvalue weighted by Gasteiger charge is 2.21. The molecule has 0 spiro atoms. The molecule has 1 rings (SSSR count). The number of carbonyl (C=O) groups excluding carboxylic acids is 3. The number of hydrogen-bond donors (Lipinski definition) is 2. The summed E-state index contributed by atoms with van der Waals surface area (Å²) < 4.78 is 4.88. The molecule has 0 aliphatic carbocycles. The Morgan fingerprint density at radius 3 is 2.39 bits per heavy atom. The molecule has 0 radical (unpaired) electrons. The van der Waals surface area contributed by atoms with Crippen LogP contribution < -0.4 is 10.6 Å². The summed E-state index contributed by atoms with van der Waals surface area (Å²) in [5.74, 6) is -1.72. The number of urea groups is 1. The van der Waals surface area contributed by atoms with Crippen LogP contribution in [0.1, 0.15) is 18.1 Å². The highest BCUT2D eigenvalue weighted by molar-refractivity contribution is 6.01. The zero-order valence-corrected chi connectivity index (χ0v) is 13.0. The van der Waals surface area contributed by atoms with Gasteiger partial charge in [-0.25, -0.2) is 9.59 Å². The number of ether oxygens (including phenoxy) is 1. The van der Waals surface area contributed by atoms with Crippen LogP contribution in [0.5, 0.6) is 0 Å². The first kappa shape index (κ1) is 17.9. The first-order valence-corrected chi connectivity index (χ1v) is 6.79. The standard InChI is InChI=1S/C16H17N3O4/c1-10-4-6-12(7-5-10)8-13(9-17)15(21)23-11(2)14(20)19-16(22)18-3/h4-8,11H,1-3H3,(H2,18,19,20,22)/b13-8+/t11-/m0/s1. The van der Waals surface area contributed by atoms with E-state index in [9.17, 15) is 14.4 Å². The van der Waals surface area contributed by atoms with E-state index in [1.807, 2.05) is 24.4 Å². The lowest BCUT2D eigenvalue weighted by Crippen LogP contribution is -2.43. The summed E-state index contributed by atoms with van der Waals surface area (Å²) in [6.07, 6.45) is 0.153. The SMILES string of the molecule is CNC(=O)NC(=O)[C@H](C)OC(=O)/C(C#N)=C/c1ccc(C)cc1. The van der Waals surface area contributed by atoms with Crippen molar-refractivity contribution in [3.63, 3.8) is 0 Å². The van der Waals surface area contributed by atoms with Crippen molar-refractivity contribution in [1.82, 2.24) is 10.6 Å². The molecule has 0 bridgehead atoms. The van der Waals surface area contributed by atoms with Gasteiger partial charge in [0.25, 0.3) is 5.91 Å². The second kappa shape index (κ2) is 8.34. The molecule has 1 aromatic rings. The number of nitriles is 1. The molecule has 23 heavy (non-hydrogen) atoms. The Morgan fingerprint density at radius 1 is 1.26 bits per heavy atom. The summed E-state index contributed by atoms with van der Waals surface area (Å²) in [6.45, 7) is 3.22. The van der Waals surface area contributed by atoms with E-state index in [4.69, 9.17) is 10.00 Å². The molecule has 7 heteroatoms. The van der Waals surface area contributed by atoms with Gasteiger partial charge in [0, 0.05) is 7.05 Å². The van der Waals surface area contributed by atoms with Crippen molar-refractivity contribution in [2.45, 2.75) is 20.0 Å². The molecule has 0 saturated heterocycles. The van der Waals surface area contributed by atoms with E-state index in [0.29, 0.717) is 5.56 Å². The Hall–Kier alpha value is -3.14. The van der Waals surface area contributed by atoms with E-state index in [1.54, 1.807) is 18.2 Å². The third-order valence-corrected chi connectivity index (χ3v) is 2.85. The maximum Gasteiger partial charge on any atom is 0.349 e. The molecule has 120 valence electrons. The summed E-state index contributed by atoms with van der Waals surface area (Å²) in [5.41, 5.74) is 1.46. The number of carbonyl (C=O) groups is 3. The minimum Gasteiger partial charge on any atom is -0.448 e. The van der Waals surface area contributed by atoms with Crippen LogP contribution in [-0.2, 0) is 14.3 Å². The van der Waals surface area contributed by atoms with Gasteiger partial charge in [-0.2, -0.15) is 5.26 Å². The van der Waals surface area contributed by atoms with Crippen molar-refractivity contribution >= 4 is 24.0 Å². The number of amides is 3. The van der Waals surface area contributed by atoms with E-state index in [-0.39, 0.29) is 5.57 Å². The predicted octanol–water partition coefficient (Wildman–Crippen LogP) is 1.29. The molecule has 0 aliphatic rings. The van der Waals surface area contributed by atoms with Gasteiger partial charge >= 0.3 is 12.0 Å². The number of aryl methyl sites for hydroxylation is 1. The van der Waals surface area contributed by atoms with Crippen LogP contribution in [0.4, 0.5) is 4.79 Å². The smallest absolute Gasteiger partial charge is 0.349 e. The maximum absolute atomic E-state index is 11.9. The van der Waals surface area contributed by atoms with Gasteiger partial charge in [0.1, 0.15) is 11.6 Å². The molecule has 1 atom stereocenters. The second-order valence-electron chi connectivity index (χ2n) is 4.70. The zero-order chi connectivity index (χ0) is 17.4. The lowest BCUT2D eigenvalue weighted by molar-refractivity contribution is -0.150. The molecule has 0 heterocycles. The van der Waals surface area contributed by atoms with Gasteiger partial charge in [0.15, 0.2) is 6.10 Å². The largest absolute Gasteiger partial charge is 0.448 e. The number of esters is 1. The predicted molar refractivity (Wildman–Crippen MR) is 82.9 cm³/mol. The Morgan fingerprint density at radius 2 is 1.87 bits per heavy atom. The molecule has 3 amide bonds. The Kier molecular flexibility index (Phi) is 6.49. The summed E-state index contributed by atoms with van der Waals surface area (Å²) in [6, 6.07) is 8.20. The van der Waals surface area contributed by atoms with Crippen LogP contribution in [0.2, 0.25) is 0 Å². The van der Waals surface area contributed by atoms with Gasteiger partial charge in [-0.15, -0.1) is 0 Å². The van der Waals surface area contributed by atoms with Crippen molar-refractivity contribution in [3.8, 4) is 6.07 Å². The summed E-state index contributed by atoms with van der Waals surface area (Å²) in [4.78, 5) is 34.5. The number of nitrogens with one attached hydrogen (secondary N) is 2. The van der Waals surface area contributed by atoms with E-state index in [1.165, 1.54) is 20.0 Å². The summed E-state index contributed by atoms with van der Waals surface area (Å²) in [7, 11) is 1.34. The average Bonchev–Trinajstić information content (AvgIpc) is 2.53. The molecule has 0 fully saturated rings. The fourth-order valence-electron chi connectivity index (χ4n) is 1.52. The number of rotatable bonds is 4. The zero-order valence-electron chi connectivity index (χ0n) is 13.0. The highest BCUT2D eigenvalue weighted by Crippen LogP contribution is 2.10. The van der Waals surface area contributed by atoms with E-state index >= 15 is 0 Å². The summed E-state index contributed by atoms with van der Waals surface area (Å²) in [5, 5.41) is 13.2. The maximum atomic E-state index is 11.9. The molecular formula is C16H17N3O4. The minimum atomic E-state index is -1.21. The third kappa shape index (κ3) is 5.63. The number of nitrogens with zero attached hydrogens (tertiary/aromatic N) is 1. The van der Waals surface area contributed by atoms with Crippen LogP contribution in [-0.4, -0.2) is 31.1 Å². The van der Waals surface area contributed by atoms with Gasteiger partial charge in [0.05, 0.1) is 0 Å². The lowest BCUT2D eigenvalue weighted by Gasteiger charge is -2.12. The Bertz CT molecular complexity index is 672. The molecule has 0 unspecified atom stereocenters. The quantitative estimate of drug-likeness (QED) is 0.494. The van der Waals surface area contributed by atoms with Crippen molar-refractivity contribution in [2.24, 2.45) is 0 Å². The summed E-state index contributed by atoms with van der Waals surface area (Å²) >= 11 is 0. The number of hydrogen-bond acceptors (Lipinski definition) is 5. The lowest BCUT2D eigenvalue weighted by atomic mass is 10.1. The molecule has 7 nitrogen and oxygen atoms in total. The molecular weight excluding hydrogens is 298 g/mol. The van der Waals surface area contributed by atoms with Gasteiger partial charge < -0.3 is 10.1 Å². The van der Waals surface area contributed by atoms with E-state index < -0.39 is 24.0 Å². The van der Waals surface area contributed by atoms with Crippen LogP contribution >= 0.6 is 0 Å². The Labute approximate surface area is 133 Å². The van der Waals surface area contributed by atoms with Crippen LogP contribution in [0.3, 0.4) is 0 Å². The van der Waals surface area contributed by atoms with Crippen LogP contribution in [0, 0.1) is 18.3 Å². The Balaban J connectivity index is 2.77. The van der Waals surface area contributed by atoms with Crippen molar-refractivity contribution < 1.29 is 19.1 Å². The van der Waals surface area contributed by atoms with Crippen LogP contribution in [0.25, 0.3) is 6.08 Å². The molecule has 0 aliphatic heterocycles. The van der Waals surface area contributed by atoms with Gasteiger partial charge in [0.2, 0.25) is 0 Å². The fourth-order valence-corrected chi connectivity index (χ4v) is 1.52. The van der Waals surface area contributed by atoms with Gasteiger partial charge in [-0.05, 0) is 25.5 Å². The highest BCUT2D eigenvalue weighted by atomic mass is 16.5. The first-order valence-electron chi connectivity index (χ1n) is 6.79.